The predicted octanol–water partition coefficient (Wildman–Crippen LogP) is 4.88. The number of phenolic OH excluding ortho intramolecular Hbond substituents is 1. The van der Waals surface area contributed by atoms with Crippen LogP contribution in [0, 0.1) is 13.8 Å². The molecule has 0 unspecified atom stereocenters. The Bertz CT molecular complexity index is 786. The summed E-state index contributed by atoms with van der Waals surface area (Å²) in [5, 5.41) is 11.0. The van der Waals surface area contributed by atoms with Crippen LogP contribution in [0.3, 0.4) is 0 Å². The average Bonchev–Trinajstić information content (AvgIpc) is 2.37. The Balaban J connectivity index is 2.42. The number of aryl methyl sites for hydroxylation is 2. The van der Waals surface area contributed by atoms with E-state index in [1.807, 2.05) is 18.2 Å². The van der Waals surface area contributed by atoms with Gasteiger partial charge in [0.05, 0.1) is 5.52 Å². The Hall–Kier alpha value is -2.06. The van der Waals surface area contributed by atoms with Crippen LogP contribution in [0.15, 0.2) is 42.5 Å². The van der Waals surface area contributed by atoms with Crippen LogP contribution in [0.25, 0.3) is 22.0 Å². The van der Waals surface area contributed by atoms with Crippen LogP contribution < -0.4 is 0 Å². The summed E-state index contributed by atoms with van der Waals surface area (Å²) < 4.78 is 0. The lowest BCUT2D eigenvalue weighted by atomic mass is 9.93. The lowest BCUT2D eigenvalue weighted by Crippen LogP contribution is -1.91. The molecule has 0 radical (unpaired) electrons. The number of aromatic nitrogens is 1. The first-order valence-corrected chi connectivity index (χ1v) is 6.80. The zero-order valence-corrected chi connectivity index (χ0v) is 12.1. The van der Waals surface area contributed by atoms with E-state index in [4.69, 9.17) is 11.6 Å². The Morgan fingerprint density at radius 1 is 1.00 bits per heavy atom. The molecule has 2 aromatic carbocycles. The first-order chi connectivity index (χ1) is 9.56. The van der Waals surface area contributed by atoms with Crippen LogP contribution in [0.2, 0.25) is 5.15 Å². The highest BCUT2D eigenvalue weighted by Crippen LogP contribution is 2.35. The predicted molar refractivity (Wildman–Crippen MR) is 83.3 cm³/mol. The van der Waals surface area contributed by atoms with Crippen LogP contribution in [-0.4, -0.2) is 10.1 Å². The molecule has 3 rings (SSSR count). The van der Waals surface area contributed by atoms with Gasteiger partial charge < -0.3 is 5.11 Å². The van der Waals surface area contributed by atoms with Crippen molar-refractivity contribution in [2.75, 3.05) is 0 Å². The molecule has 0 aliphatic rings. The summed E-state index contributed by atoms with van der Waals surface area (Å²) in [6.45, 7) is 4.17. The van der Waals surface area contributed by atoms with E-state index in [-0.39, 0.29) is 5.75 Å². The zero-order chi connectivity index (χ0) is 14.3. The Labute approximate surface area is 122 Å². The van der Waals surface area contributed by atoms with Crippen molar-refractivity contribution in [3.05, 3.63) is 58.7 Å². The van der Waals surface area contributed by atoms with Gasteiger partial charge in [0.1, 0.15) is 10.9 Å². The van der Waals surface area contributed by atoms with Crippen LogP contribution in [0.4, 0.5) is 0 Å². The van der Waals surface area contributed by atoms with Gasteiger partial charge in [-0.25, -0.2) is 4.98 Å². The number of hydrogen-bond acceptors (Lipinski definition) is 2. The first kappa shape index (κ1) is 12.9. The fourth-order valence-electron chi connectivity index (χ4n) is 2.63. The maximum atomic E-state index is 9.61. The average molecular weight is 284 g/mol. The lowest BCUT2D eigenvalue weighted by molar-refractivity contribution is 0.476. The van der Waals surface area contributed by atoms with Gasteiger partial charge in [-0.3, -0.25) is 0 Å². The van der Waals surface area contributed by atoms with Gasteiger partial charge in [-0.05, 0) is 54.3 Å². The highest BCUT2D eigenvalue weighted by Gasteiger charge is 2.11. The van der Waals surface area contributed by atoms with Crippen molar-refractivity contribution in [2.45, 2.75) is 13.8 Å². The molecule has 100 valence electrons. The number of halogens is 1. The zero-order valence-electron chi connectivity index (χ0n) is 11.3. The van der Waals surface area contributed by atoms with Crippen LogP contribution in [-0.2, 0) is 0 Å². The third kappa shape index (κ3) is 2.12. The fraction of sp³-hybridized carbons (Fsp3) is 0.118. The van der Waals surface area contributed by atoms with E-state index in [2.05, 4.69) is 31.0 Å². The molecule has 1 heterocycles. The van der Waals surface area contributed by atoms with Gasteiger partial charge in [-0.15, -0.1) is 0 Å². The van der Waals surface area contributed by atoms with E-state index < -0.39 is 0 Å². The monoisotopic (exact) mass is 283 g/mol. The third-order valence-electron chi connectivity index (χ3n) is 3.51. The topological polar surface area (TPSA) is 33.1 Å². The second kappa shape index (κ2) is 4.80. The van der Waals surface area contributed by atoms with Crippen molar-refractivity contribution in [1.29, 1.82) is 0 Å². The van der Waals surface area contributed by atoms with Gasteiger partial charge in [-0.1, -0.05) is 29.8 Å². The van der Waals surface area contributed by atoms with Crippen molar-refractivity contribution in [1.82, 2.24) is 4.98 Å². The molecule has 0 aliphatic carbocycles. The highest BCUT2D eigenvalue weighted by atomic mass is 35.5. The first-order valence-electron chi connectivity index (χ1n) is 6.42. The summed E-state index contributed by atoms with van der Waals surface area (Å²) in [4.78, 5) is 4.29. The number of hydrogen-bond donors (Lipinski definition) is 1. The Morgan fingerprint density at radius 2 is 1.70 bits per heavy atom. The summed E-state index contributed by atoms with van der Waals surface area (Å²) in [6.07, 6.45) is 0. The molecule has 0 spiro atoms. The molecule has 1 aromatic heterocycles. The highest BCUT2D eigenvalue weighted by molar-refractivity contribution is 6.30. The SMILES string of the molecule is Cc1cccc(C)c1-c1cc(Cl)nc2cc(O)ccc12. The van der Waals surface area contributed by atoms with Gasteiger partial charge >= 0.3 is 0 Å². The summed E-state index contributed by atoms with van der Waals surface area (Å²) in [5.74, 6) is 0.194. The summed E-state index contributed by atoms with van der Waals surface area (Å²) in [7, 11) is 0. The normalized spacial score (nSPS) is 10.9. The molecule has 0 fully saturated rings. The summed E-state index contributed by atoms with van der Waals surface area (Å²) in [6, 6.07) is 13.3. The minimum absolute atomic E-state index is 0.194. The largest absolute Gasteiger partial charge is 0.508 e. The van der Waals surface area contributed by atoms with Gasteiger partial charge in [0.2, 0.25) is 0 Å². The fourth-order valence-corrected chi connectivity index (χ4v) is 2.83. The maximum absolute atomic E-state index is 9.61. The van der Waals surface area contributed by atoms with Gasteiger partial charge in [0, 0.05) is 11.5 Å². The Morgan fingerprint density at radius 3 is 2.40 bits per heavy atom. The third-order valence-corrected chi connectivity index (χ3v) is 3.71. The molecule has 0 bridgehead atoms. The van der Waals surface area contributed by atoms with Gasteiger partial charge in [0.15, 0.2) is 0 Å². The summed E-state index contributed by atoms with van der Waals surface area (Å²) >= 11 is 6.14. The molecule has 2 nitrogen and oxygen atoms in total. The molecule has 0 saturated carbocycles. The molecular weight excluding hydrogens is 270 g/mol. The quantitative estimate of drug-likeness (QED) is 0.646. The molecule has 0 amide bonds. The number of benzene rings is 2. The Kier molecular flexibility index (Phi) is 3.11. The molecule has 3 aromatic rings. The number of rotatable bonds is 1. The van der Waals surface area contributed by atoms with E-state index in [1.54, 1.807) is 12.1 Å². The van der Waals surface area contributed by atoms with Crippen molar-refractivity contribution in [3.8, 4) is 16.9 Å². The molecule has 0 saturated heterocycles. The second-order valence-corrected chi connectivity index (χ2v) is 5.35. The molecule has 0 aliphatic heterocycles. The van der Waals surface area contributed by atoms with Gasteiger partial charge in [0.25, 0.3) is 0 Å². The minimum Gasteiger partial charge on any atom is -0.508 e. The number of phenols is 1. The number of aromatic hydroxyl groups is 1. The van der Waals surface area contributed by atoms with Gasteiger partial charge in [-0.2, -0.15) is 0 Å². The smallest absolute Gasteiger partial charge is 0.130 e. The van der Waals surface area contributed by atoms with E-state index in [0.29, 0.717) is 10.7 Å². The number of fused-ring (bicyclic) bond motifs is 1. The molecule has 3 heteroatoms. The number of pyridine rings is 1. The number of nitrogens with zero attached hydrogens (tertiary/aromatic N) is 1. The van der Waals surface area contributed by atoms with Crippen molar-refractivity contribution in [3.63, 3.8) is 0 Å². The van der Waals surface area contributed by atoms with Crippen molar-refractivity contribution < 1.29 is 5.11 Å². The van der Waals surface area contributed by atoms with Crippen LogP contribution >= 0.6 is 11.6 Å². The van der Waals surface area contributed by atoms with Crippen LogP contribution in [0.5, 0.6) is 5.75 Å². The molecular formula is C17H14ClNO. The van der Waals surface area contributed by atoms with E-state index in [9.17, 15) is 5.11 Å². The van der Waals surface area contributed by atoms with E-state index in [1.165, 1.54) is 16.7 Å². The molecule has 1 N–H and O–H groups in total. The molecule has 0 atom stereocenters. The van der Waals surface area contributed by atoms with Crippen LogP contribution in [0.1, 0.15) is 11.1 Å². The minimum atomic E-state index is 0.194. The second-order valence-electron chi connectivity index (χ2n) is 4.96. The maximum Gasteiger partial charge on any atom is 0.130 e. The molecule has 20 heavy (non-hydrogen) atoms. The lowest BCUT2D eigenvalue weighted by Gasteiger charge is -2.13. The van der Waals surface area contributed by atoms with E-state index >= 15 is 0 Å². The van der Waals surface area contributed by atoms with Crippen molar-refractivity contribution >= 4 is 22.5 Å². The standard InChI is InChI=1S/C17H14ClNO/c1-10-4-3-5-11(2)17(10)14-9-16(18)19-15-8-12(20)6-7-13(14)15/h3-9,20H,1-2H3. The summed E-state index contributed by atoms with van der Waals surface area (Å²) in [5.41, 5.74) is 5.32. The van der Waals surface area contributed by atoms with Crippen molar-refractivity contribution in [2.24, 2.45) is 0 Å². The van der Waals surface area contributed by atoms with E-state index in [0.717, 1.165) is 10.9 Å².